The topological polar surface area (TPSA) is 71.7 Å². The highest BCUT2D eigenvalue weighted by Gasteiger charge is 2.31. The Bertz CT molecular complexity index is 923. The van der Waals surface area contributed by atoms with Gasteiger partial charge in [0, 0.05) is 19.2 Å². The van der Waals surface area contributed by atoms with Crippen molar-refractivity contribution in [1.29, 1.82) is 0 Å². The van der Waals surface area contributed by atoms with Crippen molar-refractivity contribution < 1.29 is 22.3 Å². The highest BCUT2D eigenvalue weighted by Crippen LogP contribution is 2.26. The van der Waals surface area contributed by atoms with Crippen molar-refractivity contribution in [2.24, 2.45) is 4.99 Å². The van der Waals surface area contributed by atoms with E-state index in [1.165, 1.54) is 23.5 Å². The standard InChI is InChI=1S/C18H17F3N4O2S/c1-22-17(23-9-12-5-2-3-6-14(12)27-18(19,20)21)24-10-13-11-26-16(25-13)15-7-4-8-28-15/h2-8,11H,9-10H2,1H3,(H2,22,23,24). The lowest BCUT2D eigenvalue weighted by molar-refractivity contribution is -0.274. The molecule has 0 radical (unpaired) electrons. The Morgan fingerprint density at radius 2 is 1.96 bits per heavy atom. The summed E-state index contributed by atoms with van der Waals surface area (Å²) in [6.45, 7) is 0.445. The van der Waals surface area contributed by atoms with Gasteiger partial charge in [-0.2, -0.15) is 0 Å². The Morgan fingerprint density at radius 1 is 1.18 bits per heavy atom. The van der Waals surface area contributed by atoms with E-state index in [1.54, 1.807) is 25.4 Å². The average molecular weight is 410 g/mol. The number of nitrogens with one attached hydrogen (secondary N) is 2. The molecule has 0 spiro atoms. The van der Waals surface area contributed by atoms with Crippen molar-refractivity contribution in [2.45, 2.75) is 19.5 Å². The second-order valence-corrected chi connectivity index (χ2v) is 6.50. The third-order valence-corrected chi connectivity index (χ3v) is 4.45. The molecular formula is C18H17F3N4O2S. The zero-order valence-corrected chi connectivity index (χ0v) is 15.6. The van der Waals surface area contributed by atoms with Crippen LogP contribution in [0, 0.1) is 0 Å². The molecule has 2 heterocycles. The maximum atomic E-state index is 12.5. The fraction of sp³-hybridized carbons (Fsp3) is 0.222. The summed E-state index contributed by atoms with van der Waals surface area (Å²) >= 11 is 1.52. The number of guanidine groups is 1. The maximum absolute atomic E-state index is 12.5. The van der Waals surface area contributed by atoms with Gasteiger partial charge in [-0.3, -0.25) is 4.99 Å². The largest absolute Gasteiger partial charge is 0.573 e. The van der Waals surface area contributed by atoms with Crippen molar-refractivity contribution in [3.05, 3.63) is 59.3 Å². The predicted octanol–water partition coefficient (Wildman–Crippen LogP) is 4.17. The van der Waals surface area contributed by atoms with E-state index in [4.69, 9.17) is 4.42 Å². The number of hydrogen-bond acceptors (Lipinski definition) is 5. The monoisotopic (exact) mass is 410 g/mol. The Hall–Kier alpha value is -3.01. The summed E-state index contributed by atoms with van der Waals surface area (Å²) in [7, 11) is 1.56. The second-order valence-electron chi connectivity index (χ2n) is 5.56. The van der Waals surface area contributed by atoms with E-state index in [1.807, 2.05) is 17.5 Å². The number of ether oxygens (including phenoxy) is 1. The maximum Gasteiger partial charge on any atom is 0.573 e. The molecule has 0 bridgehead atoms. The van der Waals surface area contributed by atoms with Gasteiger partial charge in [0.2, 0.25) is 5.89 Å². The lowest BCUT2D eigenvalue weighted by Crippen LogP contribution is -2.36. The quantitative estimate of drug-likeness (QED) is 0.472. The molecule has 2 aromatic heterocycles. The molecule has 3 aromatic rings. The van der Waals surface area contributed by atoms with Crippen molar-refractivity contribution >= 4 is 17.3 Å². The Labute approximate surface area is 163 Å². The van der Waals surface area contributed by atoms with Crippen LogP contribution in [0.15, 0.2) is 57.5 Å². The normalized spacial score (nSPS) is 12.1. The molecule has 0 aliphatic heterocycles. The van der Waals surface area contributed by atoms with Crippen LogP contribution in [0.2, 0.25) is 0 Å². The molecule has 0 aliphatic carbocycles. The fourth-order valence-electron chi connectivity index (χ4n) is 2.35. The van der Waals surface area contributed by atoms with Crippen LogP contribution in [0.5, 0.6) is 5.75 Å². The van der Waals surface area contributed by atoms with Crippen molar-refractivity contribution in [1.82, 2.24) is 15.6 Å². The molecule has 1 aromatic carbocycles. The first-order chi connectivity index (χ1) is 13.4. The van der Waals surface area contributed by atoms with Crippen LogP contribution < -0.4 is 15.4 Å². The summed E-state index contributed by atoms with van der Waals surface area (Å²) in [4.78, 5) is 9.37. The first-order valence-corrected chi connectivity index (χ1v) is 9.09. The number of halogens is 3. The third kappa shape index (κ3) is 5.49. The summed E-state index contributed by atoms with van der Waals surface area (Å²) in [6, 6.07) is 9.75. The first-order valence-electron chi connectivity index (χ1n) is 8.21. The van der Waals surface area contributed by atoms with Crippen LogP contribution >= 0.6 is 11.3 Å². The van der Waals surface area contributed by atoms with Gasteiger partial charge in [0.15, 0.2) is 5.96 Å². The molecule has 6 nitrogen and oxygen atoms in total. The average Bonchev–Trinajstić information content (AvgIpc) is 3.33. The molecule has 28 heavy (non-hydrogen) atoms. The fourth-order valence-corrected chi connectivity index (χ4v) is 3.01. The summed E-state index contributed by atoms with van der Waals surface area (Å²) in [5, 5.41) is 7.92. The zero-order chi connectivity index (χ0) is 20.0. The van der Waals surface area contributed by atoms with Crippen LogP contribution in [-0.2, 0) is 13.1 Å². The van der Waals surface area contributed by atoms with Gasteiger partial charge in [0.1, 0.15) is 12.0 Å². The van der Waals surface area contributed by atoms with Gasteiger partial charge >= 0.3 is 6.36 Å². The van der Waals surface area contributed by atoms with E-state index in [-0.39, 0.29) is 12.3 Å². The molecule has 0 aliphatic rings. The van der Waals surface area contributed by atoms with Gasteiger partial charge in [-0.05, 0) is 17.5 Å². The Balaban J connectivity index is 1.56. The number of benzene rings is 1. The molecule has 0 saturated heterocycles. The van der Waals surface area contributed by atoms with Crippen molar-refractivity contribution in [3.63, 3.8) is 0 Å². The highest BCUT2D eigenvalue weighted by atomic mass is 32.1. The molecule has 0 saturated carbocycles. The summed E-state index contributed by atoms with van der Waals surface area (Å²) in [6.07, 6.45) is -3.20. The number of oxazole rings is 1. The van der Waals surface area contributed by atoms with E-state index in [9.17, 15) is 13.2 Å². The van der Waals surface area contributed by atoms with Gasteiger partial charge in [-0.15, -0.1) is 24.5 Å². The molecule has 148 valence electrons. The second kappa shape index (κ2) is 8.79. The molecule has 0 atom stereocenters. The van der Waals surface area contributed by atoms with E-state index >= 15 is 0 Å². The molecular weight excluding hydrogens is 393 g/mol. The minimum absolute atomic E-state index is 0.102. The Kier molecular flexibility index (Phi) is 6.19. The van der Waals surface area contributed by atoms with Crippen molar-refractivity contribution in [2.75, 3.05) is 7.05 Å². The lowest BCUT2D eigenvalue weighted by atomic mass is 10.2. The Morgan fingerprint density at radius 3 is 2.68 bits per heavy atom. The number of alkyl halides is 3. The van der Waals surface area contributed by atoms with Gasteiger partial charge in [-0.1, -0.05) is 24.3 Å². The molecule has 3 rings (SSSR count). The summed E-state index contributed by atoms with van der Waals surface area (Å²) in [5.74, 6) is 0.686. The van der Waals surface area contributed by atoms with E-state index in [0.29, 0.717) is 29.7 Å². The number of rotatable bonds is 6. The molecule has 0 amide bonds. The van der Waals surface area contributed by atoms with Crippen LogP contribution in [0.1, 0.15) is 11.3 Å². The lowest BCUT2D eigenvalue weighted by Gasteiger charge is -2.15. The first kappa shape index (κ1) is 19.7. The number of aromatic nitrogens is 1. The van der Waals surface area contributed by atoms with E-state index in [2.05, 4.69) is 25.3 Å². The van der Waals surface area contributed by atoms with E-state index in [0.717, 1.165) is 4.88 Å². The highest BCUT2D eigenvalue weighted by molar-refractivity contribution is 7.13. The molecule has 2 N–H and O–H groups in total. The third-order valence-electron chi connectivity index (χ3n) is 3.59. The summed E-state index contributed by atoms with van der Waals surface area (Å²) in [5.41, 5.74) is 1.02. The van der Waals surface area contributed by atoms with Crippen LogP contribution in [0.3, 0.4) is 0 Å². The minimum atomic E-state index is -4.75. The van der Waals surface area contributed by atoms with Gasteiger partial charge < -0.3 is 19.8 Å². The van der Waals surface area contributed by atoms with Gasteiger partial charge in [0.25, 0.3) is 0 Å². The number of nitrogens with zero attached hydrogens (tertiary/aromatic N) is 2. The van der Waals surface area contributed by atoms with Crippen LogP contribution in [0.25, 0.3) is 10.8 Å². The van der Waals surface area contributed by atoms with Crippen LogP contribution in [0.4, 0.5) is 13.2 Å². The number of aliphatic imine (C=N–C) groups is 1. The van der Waals surface area contributed by atoms with Gasteiger partial charge in [-0.25, -0.2) is 4.98 Å². The van der Waals surface area contributed by atoms with Gasteiger partial charge in [0.05, 0.1) is 17.1 Å². The number of thiophene rings is 1. The minimum Gasteiger partial charge on any atom is -0.443 e. The SMILES string of the molecule is CN=C(NCc1coc(-c2cccs2)n1)NCc1ccccc1OC(F)(F)F. The van der Waals surface area contributed by atoms with Crippen molar-refractivity contribution in [3.8, 4) is 16.5 Å². The molecule has 0 unspecified atom stereocenters. The smallest absolute Gasteiger partial charge is 0.443 e. The number of para-hydroxylation sites is 1. The molecule has 0 fully saturated rings. The molecule has 10 heteroatoms. The predicted molar refractivity (Wildman–Crippen MR) is 100.0 cm³/mol. The summed E-state index contributed by atoms with van der Waals surface area (Å²) < 4.78 is 47.0. The zero-order valence-electron chi connectivity index (χ0n) is 14.8. The number of hydrogen-bond donors (Lipinski definition) is 2. The van der Waals surface area contributed by atoms with Crippen LogP contribution in [-0.4, -0.2) is 24.4 Å². The van der Waals surface area contributed by atoms with E-state index < -0.39 is 6.36 Å².